The standard InChI is InChI=1S/C12H11F2NO3/c13-9-3-1-8(2-4-9)10(16)15-6-5-12(14,7-15)11(17)18/h1-4H,5-7H2,(H,17,18). The third-order valence-electron chi connectivity index (χ3n) is 2.98. The molecule has 0 saturated carbocycles. The minimum atomic E-state index is -2.38. The van der Waals surface area contributed by atoms with Crippen molar-refractivity contribution in [2.45, 2.75) is 12.1 Å². The van der Waals surface area contributed by atoms with Gasteiger partial charge in [0.05, 0.1) is 6.54 Å². The fourth-order valence-electron chi connectivity index (χ4n) is 1.90. The van der Waals surface area contributed by atoms with Gasteiger partial charge in [-0.05, 0) is 24.3 Å². The third-order valence-corrected chi connectivity index (χ3v) is 2.98. The van der Waals surface area contributed by atoms with Crippen LogP contribution >= 0.6 is 0 Å². The number of rotatable bonds is 2. The van der Waals surface area contributed by atoms with E-state index in [1.807, 2.05) is 0 Å². The van der Waals surface area contributed by atoms with Gasteiger partial charge in [0.2, 0.25) is 5.67 Å². The molecule has 0 aromatic heterocycles. The fraction of sp³-hybridized carbons (Fsp3) is 0.333. The Morgan fingerprint density at radius 2 is 1.89 bits per heavy atom. The Morgan fingerprint density at radius 1 is 1.28 bits per heavy atom. The molecule has 2 rings (SSSR count). The number of carboxylic acids is 1. The summed E-state index contributed by atoms with van der Waals surface area (Å²) in [5, 5.41) is 8.72. The number of carbonyl (C=O) groups excluding carboxylic acids is 1. The number of alkyl halides is 1. The second-order valence-corrected chi connectivity index (χ2v) is 4.25. The Bertz CT molecular complexity index is 489. The summed E-state index contributed by atoms with van der Waals surface area (Å²) in [6, 6.07) is 4.83. The van der Waals surface area contributed by atoms with Gasteiger partial charge in [-0.25, -0.2) is 13.6 Å². The minimum Gasteiger partial charge on any atom is -0.479 e. The number of carboxylic acid groups (broad SMARTS) is 1. The van der Waals surface area contributed by atoms with E-state index in [0.717, 1.165) is 17.0 Å². The highest BCUT2D eigenvalue weighted by molar-refractivity contribution is 5.95. The number of carbonyl (C=O) groups is 2. The van der Waals surface area contributed by atoms with Crippen LogP contribution in [0.15, 0.2) is 24.3 Å². The normalized spacial score (nSPS) is 23.1. The molecule has 1 unspecified atom stereocenters. The molecule has 18 heavy (non-hydrogen) atoms. The highest BCUT2D eigenvalue weighted by atomic mass is 19.1. The summed E-state index contributed by atoms with van der Waals surface area (Å²) in [7, 11) is 0. The van der Waals surface area contributed by atoms with Crippen molar-refractivity contribution in [3.8, 4) is 0 Å². The molecule has 0 aliphatic carbocycles. The molecule has 1 amide bonds. The zero-order valence-corrected chi connectivity index (χ0v) is 9.40. The summed E-state index contributed by atoms with van der Waals surface area (Å²) in [5.74, 6) is -2.52. The number of hydrogen-bond donors (Lipinski definition) is 1. The summed E-state index contributed by atoms with van der Waals surface area (Å²) in [4.78, 5) is 23.7. The molecule has 1 fully saturated rings. The third kappa shape index (κ3) is 2.18. The first-order valence-corrected chi connectivity index (χ1v) is 5.39. The van der Waals surface area contributed by atoms with Crippen molar-refractivity contribution in [2.24, 2.45) is 0 Å². The molecule has 1 aliphatic heterocycles. The van der Waals surface area contributed by atoms with Crippen molar-refractivity contribution in [3.05, 3.63) is 35.6 Å². The molecule has 1 saturated heterocycles. The van der Waals surface area contributed by atoms with E-state index in [2.05, 4.69) is 0 Å². The molecule has 1 aromatic carbocycles. The maximum absolute atomic E-state index is 13.8. The maximum atomic E-state index is 13.8. The minimum absolute atomic E-state index is 0.0407. The average molecular weight is 255 g/mol. The molecule has 96 valence electrons. The van der Waals surface area contributed by atoms with Crippen LogP contribution in [-0.2, 0) is 4.79 Å². The molecule has 1 heterocycles. The van der Waals surface area contributed by atoms with Crippen LogP contribution in [0.2, 0.25) is 0 Å². The predicted molar refractivity (Wildman–Crippen MR) is 58.4 cm³/mol. The Balaban J connectivity index is 2.12. The van der Waals surface area contributed by atoms with E-state index in [9.17, 15) is 18.4 Å². The van der Waals surface area contributed by atoms with Crippen LogP contribution < -0.4 is 0 Å². The van der Waals surface area contributed by atoms with E-state index in [4.69, 9.17) is 5.11 Å². The highest BCUT2D eigenvalue weighted by Crippen LogP contribution is 2.27. The quantitative estimate of drug-likeness (QED) is 0.870. The van der Waals surface area contributed by atoms with E-state index in [1.54, 1.807) is 0 Å². The number of likely N-dealkylation sites (tertiary alicyclic amines) is 1. The summed E-state index contributed by atoms with van der Waals surface area (Å²) in [5.41, 5.74) is -2.17. The number of hydrogen-bond acceptors (Lipinski definition) is 2. The molecule has 6 heteroatoms. The Morgan fingerprint density at radius 3 is 2.39 bits per heavy atom. The predicted octanol–water partition coefficient (Wildman–Crippen LogP) is 1.46. The van der Waals surface area contributed by atoms with Crippen molar-refractivity contribution in [2.75, 3.05) is 13.1 Å². The summed E-state index contributed by atoms with van der Waals surface area (Å²) in [6.45, 7) is -0.433. The van der Waals surface area contributed by atoms with Crippen LogP contribution in [0, 0.1) is 5.82 Å². The molecule has 1 aliphatic rings. The van der Waals surface area contributed by atoms with Crippen LogP contribution in [-0.4, -0.2) is 40.6 Å². The fourth-order valence-corrected chi connectivity index (χ4v) is 1.90. The lowest BCUT2D eigenvalue weighted by Crippen LogP contribution is -2.38. The lowest BCUT2D eigenvalue weighted by Gasteiger charge is -2.17. The molecule has 1 atom stereocenters. The van der Waals surface area contributed by atoms with Crippen LogP contribution in [0.3, 0.4) is 0 Å². The van der Waals surface area contributed by atoms with Crippen molar-refractivity contribution < 1.29 is 23.5 Å². The van der Waals surface area contributed by atoms with Gasteiger partial charge in [0.1, 0.15) is 5.82 Å². The first-order valence-electron chi connectivity index (χ1n) is 5.39. The number of nitrogens with zero attached hydrogens (tertiary/aromatic N) is 1. The van der Waals surface area contributed by atoms with E-state index >= 15 is 0 Å². The van der Waals surface area contributed by atoms with Gasteiger partial charge in [0.25, 0.3) is 5.91 Å². The molecular weight excluding hydrogens is 244 g/mol. The van der Waals surface area contributed by atoms with Crippen molar-refractivity contribution in [3.63, 3.8) is 0 Å². The highest BCUT2D eigenvalue weighted by Gasteiger charge is 2.46. The summed E-state index contributed by atoms with van der Waals surface area (Å²) >= 11 is 0. The number of halogens is 2. The summed E-state index contributed by atoms with van der Waals surface area (Å²) in [6.07, 6.45) is -0.227. The molecule has 4 nitrogen and oxygen atoms in total. The van der Waals surface area contributed by atoms with Gasteiger partial charge >= 0.3 is 5.97 Å². The topological polar surface area (TPSA) is 57.6 Å². The molecule has 1 N–H and O–H groups in total. The second kappa shape index (κ2) is 4.36. The zero-order chi connectivity index (χ0) is 13.3. The zero-order valence-electron chi connectivity index (χ0n) is 9.40. The van der Waals surface area contributed by atoms with Gasteiger partial charge < -0.3 is 10.0 Å². The lowest BCUT2D eigenvalue weighted by atomic mass is 10.1. The first-order chi connectivity index (χ1) is 8.42. The van der Waals surface area contributed by atoms with Crippen LogP contribution in [0.25, 0.3) is 0 Å². The van der Waals surface area contributed by atoms with Crippen LogP contribution in [0.1, 0.15) is 16.8 Å². The smallest absolute Gasteiger partial charge is 0.343 e. The first kappa shape index (κ1) is 12.5. The molecule has 0 spiro atoms. The monoisotopic (exact) mass is 255 g/mol. The summed E-state index contributed by atoms with van der Waals surface area (Å²) < 4.78 is 26.5. The van der Waals surface area contributed by atoms with Crippen molar-refractivity contribution in [1.29, 1.82) is 0 Å². The van der Waals surface area contributed by atoms with Gasteiger partial charge in [-0.3, -0.25) is 4.79 Å². The molecule has 0 radical (unpaired) electrons. The average Bonchev–Trinajstić information content (AvgIpc) is 2.73. The van der Waals surface area contributed by atoms with E-state index in [1.165, 1.54) is 12.1 Å². The number of benzene rings is 1. The molecular formula is C12H11F2NO3. The second-order valence-electron chi connectivity index (χ2n) is 4.25. The lowest BCUT2D eigenvalue weighted by molar-refractivity contribution is -0.149. The van der Waals surface area contributed by atoms with Crippen LogP contribution in [0.5, 0.6) is 0 Å². The van der Waals surface area contributed by atoms with Crippen molar-refractivity contribution >= 4 is 11.9 Å². The maximum Gasteiger partial charge on any atom is 0.343 e. The van der Waals surface area contributed by atoms with Gasteiger partial charge in [-0.1, -0.05) is 0 Å². The Hall–Kier alpha value is -1.98. The number of aliphatic carboxylic acids is 1. The SMILES string of the molecule is O=C(c1ccc(F)cc1)N1CCC(F)(C(=O)O)C1. The molecule has 1 aromatic rings. The van der Waals surface area contributed by atoms with E-state index < -0.39 is 29.9 Å². The Labute approximate surface area is 102 Å². The van der Waals surface area contributed by atoms with E-state index in [0.29, 0.717) is 0 Å². The van der Waals surface area contributed by atoms with Gasteiger partial charge in [0.15, 0.2) is 0 Å². The van der Waals surface area contributed by atoms with Crippen LogP contribution in [0.4, 0.5) is 8.78 Å². The Kier molecular flexibility index (Phi) is 3.02. The molecule has 0 bridgehead atoms. The largest absolute Gasteiger partial charge is 0.479 e. The van der Waals surface area contributed by atoms with Gasteiger partial charge in [-0.15, -0.1) is 0 Å². The van der Waals surface area contributed by atoms with Gasteiger partial charge in [-0.2, -0.15) is 0 Å². The van der Waals surface area contributed by atoms with Gasteiger partial charge in [0, 0.05) is 18.5 Å². The number of amides is 1. The van der Waals surface area contributed by atoms with Crippen molar-refractivity contribution in [1.82, 2.24) is 4.90 Å². The van der Waals surface area contributed by atoms with E-state index in [-0.39, 0.29) is 18.5 Å².